The third-order valence-electron chi connectivity index (χ3n) is 2.86. The van der Waals surface area contributed by atoms with Crippen molar-refractivity contribution in [1.82, 2.24) is 0 Å². The molecule has 0 spiro atoms. The average Bonchev–Trinajstić information content (AvgIpc) is 2.46. The van der Waals surface area contributed by atoms with E-state index in [1.807, 2.05) is 0 Å². The molecule has 128 valence electrons. The molecule has 0 aliphatic heterocycles. The summed E-state index contributed by atoms with van der Waals surface area (Å²) in [4.78, 5) is 9.41. The highest BCUT2D eigenvalue weighted by Crippen LogP contribution is 2.40. The second-order valence-corrected chi connectivity index (χ2v) is 6.12. The van der Waals surface area contributed by atoms with Gasteiger partial charge in [-0.15, -0.1) is 0 Å². The summed E-state index contributed by atoms with van der Waals surface area (Å²) in [5.41, 5.74) is -2.06. The zero-order valence-electron chi connectivity index (χ0n) is 11.6. The summed E-state index contributed by atoms with van der Waals surface area (Å²) < 4.78 is 66.3. The lowest BCUT2D eigenvalue weighted by Crippen LogP contribution is -2.11. The molecule has 0 unspecified atom stereocenters. The number of nitrogens with zero attached hydrogens (tertiary/aromatic N) is 1. The van der Waals surface area contributed by atoms with Crippen molar-refractivity contribution >= 4 is 15.7 Å². The average molecular weight is 362 g/mol. The first-order valence-electron chi connectivity index (χ1n) is 6.15. The molecule has 0 atom stereocenters. The van der Waals surface area contributed by atoms with Crippen molar-refractivity contribution < 1.29 is 31.2 Å². The first-order valence-corrected chi connectivity index (χ1v) is 7.69. The van der Waals surface area contributed by atoms with Crippen molar-refractivity contribution in [2.75, 3.05) is 0 Å². The van der Waals surface area contributed by atoms with Gasteiger partial charge in [0.15, 0.2) is 0 Å². The van der Waals surface area contributed by atoms with E-state index in [9.17, 15) is 31.7 Å². The van der Waals surface area contributed by atoms with E-state index in [1.54, 1.807) is 0 Å². The molecule has 2 aromatic rings. The van der Waals surface area contributed by atoms with Crippen LogP contribution in [0.3, 0.4) is 0 Å². The molecule has 2 rings (SSSR count). The van der Waals surface area contributed by atoms with Crippen molar-refractivity contribution in [3.05, 3.63) is 58.1 Å². The molecule has 0 aromatic heterocycles. The molecule has 0 bridgehead atoms. The summed E-state index contributed by atoms with van der Waals surface area (Å²) in [7, 11) is -3.95. The van der Waals surface area contributed by atoms with Gasteiger partial charge in [0.2, 0.25) is 10.0 Å². The van der Waals surface area contributed by atoms with Crippen molar-refractivity contribution in [2.45, 2.75) is 11.1 Å². The number of rotatable bonds is 4. The number of hydrogen-bond donors (Lipinski definition) is 1. The molecule has 0 aliphatic carbocycles. The third kappa shape index (κ3) is 4.00. The number of nitro benzene ring substituents is 1. The number of halogens is 3. The number of ether oxygens (including phenoxy) is 1. The van der Waals surface area contributed by atoms with Crippen molar-refractivity contribution in [1.29, 1.82) is 0 Å². The van der Waals surface area contributed by atoms with E-state index in [2.05, 4.69) is 0 Å². The van der Waals surface area contributed by atoms with E-state index in [1.165, 1.54) is 0 Å². The molecule has 0 fully saturated rings. The van der Waals surface area contributed by atoms with E-state index in [0.29, 0.717) is 6.07 Å². The minimum atomic E-state index is -4.87. The number of alkyl halides is 3. The lowest BCUT2D eigenvalue weighted by molar-refractivity contribution is -0.385. The molecule has 2 N–H and O–H groups in total. The summed E-state index contributed by atoms with van der Waals surface area (Å²) in [5, 5.41) is 15.5. The van der Waals surface area contributed by atoms with Gasteiger partial charge in [-0.05, 0) is 30.3 Å². The number of nitrogens with two attached hydrogens (primary N) is 1. The monoisotopic (exact) mass is 362 g/mol. The lowest BCUT2D eigenvalue weighted by atomic mass is 10.1. The van der Waals surface area contributed by atoms with Crippen LogP contribution in [0.2, 0.25) is 0 Å². The predicted molar refractivity (Wildman–Crippen MR) is 76.0 cm³/mol. The maximum atomic E-state index is 13.0. The number of non-ortho nitro benzene ring substituents is 1. The van der Waals surface area contributed by atoms with Crippen molar-refractivity contribution in [3.8, 4) is 11.5 Å². The van der Waals surface area contributed by atoms with E-state index >= 15 is 0 Å². The standard InChI is InChI=1S/C13H9F3N2O5S/c14-13(15,16)11-7-8(18(19)20)1-6-12(11)23-9-2-4-10(5-3-9)24(17,21)22/h1-7H,(H2,17,21,22). The van der Waals surface area contributed by atoms with Gasteiger partial charge in [-0.1, -0.05) is 0 Å². The largest absolute Gasteiger partial charge is 0.457 e. The topological polar surface area (TPSA) is 113 Å². The van der Waals surface area contributed by atoms with Crippen LogP contribution in [0.15, 0.2) is 47.4 Å². The summed E-state index contributed by atoms with van der Waals surface area (Å²) in [6, 6.07) is 6.38. The van der Waals surface area contributed by atoms with Crippen LogP contribution in [0.5, 0.6) is 11.5 Å². The van der Waals surface area contributed by atoms with Gasteiger partial charge in [-0.2, -0.15) is 13.2 Å². The highest BCUT2D eigenvalue weighted by Gasteiger charge is 2.36. The fourth-order valence-electron chi connectivity index (χ4n) is 1.77. The van der Waals surface area contributed by atoms with Gasteiger partial charge in [0, 0.05) is 12.1 Å². The number of benzene rings is 2. The zero-order valence-corrected chi connectivity index (χ0v) is 12.5. The number of hydrogen-bond acceptors (Lipinski definition) is 5. The Morgan fingerprint density at radius 2 is 1.67 bits per heavy atom. The fraction of sp³-hybridized carbons (Fsp3) is 0.0769. The molecule has 0 radical (unpaired) electrons. The Morgan fingerprint density at radius 3 is 2.12 bits per heavy atom. The van der Waals surface area contributed by atoms with E-state index in [-0.39, 0.29) is 10.6 Å². The first kappa shape index (κ1) is 17.7. The molecule has 7 nitrogen and oxygen atoms in total. The van der Waals surface area contributed by atoms with Gasteiger partial charge in [0.25, 0.3) is 5.69 Å². The molecular formula is C13H9F3N2O5S. The van der Waals surface area contributed by atoms with Crippen LogP contribution < -0.4 is 9.88 Å². The van der Waals surface area contributed by atoms with Gasteiger partial charge in [-0.25, -0.2) is 13.6 Å². The Kier molecular flexibility index (Phi) is 4.49. The molecule has 11 heteroatoms. The smallest absolute Gasteiger partial charge is 0.420 e. The van der Waals surface area contributed by atoms with Crippen LogP contribution >= 0.6 is 0 Å². The molecular weight excluding hydrogens is 353 g/mol. The van der Waals surface area contributed by atoms with Gasteiger partial charge in [0.05, 0.1) is 9.82 Å². The SMILES string of the molecule is NS(=O)(=O)c1ccc(Oc2ccc([N+](=O)[O-])cc2C(F)(F)F)cc1. The summed E-state index contributed by atoms with van der Waals surface area (Å²) in [6.07, 6.45) is -4.87. The normalized spacial score (nSPS) is 12.0. The molecule has 0 heterocycles. The Labute approximate surface area is 133 Å². The van der Waals surface area contributed by atoms with Crippen LogP contribution in [0.25, 0.3) is 0 Å². The second kappa shape index (κ2) is 6.09. The molecule has 2 aromatic carbocycles. The van der Waals surface area contributed by atoms with E-state index < -0.39 is 38.1 Å². The first-order chi connectivity index (χ1) is 11.0. The predicted octanol–water partition coefficient (Wildman–Crippen LogP) is 3.05. The maximum absolute atomic E-state index is 13.0. The zero-order chi connectivity index (χ0) is 18.1. The number of sulfonamides is 1. The van der Waals surface area contributed by atoms with E-state index in [4.69, 9.17) is 9.88 Å². The highest BCUT2D eigenvalue weighted by molar-refractivity contribution is 7.89. The molecule has 0 saturated carbocycles. The molecule has 0 amide bonds. The molecule has 24 heavy (non-hydrogen) atoms. The minimum absolute atomic E-state index is 0.0956. The second-order valence-electron chi connectivity index (χ2n) is 4.55. The number of primary sulfonamides is 1. The van der Waals surface area contributed by atoms with E-state index in [0.717, 1.165) is 36.4 Å². The number of nitro groups is 1. The van der Waals surface area contributed by atoms with Crippen molar-refractivity contribution in [3.63, 3.8) is 0 Å². The van der Waals surface area contributed by atoms with Crippen LogP contribution in [0, 0.1) is 10.1 Å². The Balaban J connectivity index is 2.40. The molecule has 0 aliphatic rings. The van der Waals surface area contributed by atoms with Crippen LogP contribution in [-0.2, 0) is 16.2 Å². The summed E-state index contributed by atoms with van der Waals surface area (Å²) in [6.45, 7) is 0. The lowest BCUT2D eigenvalue weighted by Gasteiger charge is -2.13. The summed E-state index contributed by atoms with van der Waals surface area (Å²) in [5.74, 6) is -0.752. The molecule has 0 saturated heterocycles. The van der Waals surface area contributed by atoms with Gasteiger partial charge in [-0.3, -0.25) is 10.1 Å². The van der Waals surface area contributed by atoms with Crippen LogP contribution in [-0.4, -0.2) is 13.3 Å². The Bertz CT molecular complexity index is 879. The fourth-order valence-corrected chi connectivity index (χ4v) is 2.28. The quantitative estimate of drug-likeness (QED) is 0.663. The van der Waals surface area contributed by atoms with Crippen LogP contribution in [0.4, 0.5) is 18.9 Å². The maximum Gasteiger partial charge on any atom is 0.420 e. The third-order valence-corrected chi connectivity index (χ3v) is 3.79. The Hall–Kier alpha value is -2.66. The van der Waals surface area contributed by atoms with Crippen molar-refractivity contribution in [2.24, 2.45) is 5.14 Å². The summed E-state index contributed by atoms with van der Waals surface area (Å²) >= 11 is 0. The van der Waals surface area contributed by atoms with Crippen LogP contribution in [0.1, 0.15) is 5.56 Å². The minimum Gasteiger partial charge on any atom is -0.457 e. The Morgan fingerprint density at radius 1 is 1.08 bits per heavy atom. The van der Waals surface area contributed by atoms with Gasteiger partial charge in [0.1, 0.15) is 17.1 Å². The van der Waals surface area contributed by atoms with Gasteiger partial charge < -0.3 is 4.74 Å². The highest BCUT2D eigenvalue weighted by atomic mass is 32.2. The van der Waals surface area contributed by atoms with Gasteiger partial charge >= 0.3 is 6.18 Å².